The van der Waals surface area contributed by atoms with Gasteiger partial charge in [-0.2, -0.15) is 5.10 Å². The number of aromatic nitrogens is 4. The molecule has 0 unspecified atom stereocenters. The molecule has 0 saturated carbocycles. The van der Waals surface area contributed by atoms with Crippen molar-refractivity contribution in [3.63, 3.8) is 0 Å². The number of anilines is 1. The fourth-order valence-electron chi connectivity index (χ4n) is 3.13. The van der Waals surface area contributed by atoms with Gasteiger partial charge in [0, 0.05) is 28.9 Å². The van der Waals surface area contributed by atoms with E-state index in [1.807, 2.05) is 30.3 Å². The highest BCUT2D eigenvalue weighted by atomic mass is 16.5. The Morgan fingerprint density at radius 1 is 0.857 bits per heavy atom. The van der Waals surface area contributed by atoms with E-state index < -0.39 is 0 Å². The molecule has 8 heteroatoms. The molecule has 4 aromatic rings. The lowest BCUT2D eigenvalue weighted by molar-refractivity contribution is 0.324. The largest absolute Gasteiger partial charge is 0.493 e. The number of methoxy groups -OCH3 is 3. The molecule has 28 heavy (non-hydrogen) atoms. The Morgan fingerprint density at radius 3 is 2.25 bits per heavy atom. The van der Waals surface area contributed by atoms with Crippen molar-refractivity contribution in [1.29, 1.82) is 0 Å². The number of H-pyrrole nitrogens is 1. The predicted octanol–water partition coefficient (Wildman–Crippen LogP) is 3.29. The number of nitrogens with zero attached hydrogens (tertiary/aromatic N) is 3. The molecular formula is C20H19N5O3. The number of nitrogens with one attached hydrogen (secondary N) is 1. The molecule has 0 amide bonds. The van der Waals surface area contributed by atoms with E-state index in [4.69, 9.17) is 19.9 Å². The van der Waals surface area contributed by atoms with Crippen molar-refractivity contribution in [2.75, 3.05) is 27.1 Å². The number of fused-ring (bicyclic) bond motifs is 1. The summed E-state index contributed by atoms with van der Waals surface area (Å²) in [5, 5.41) is 8.24. The Morgan fingerprint density at radius 2 is 1.61 bits per heavy atom. The van der Waals surface area contributed by atoms with Gasteiger partial charge in [-0.1, -0.05) is 0 Å². The molecule has 0 bridgehead atoms. The standard InChI is InChI=1S/C20H19N5O3/c1-26-15-7-12(8-16(27-2)19(15)28-3)18-14-6-13(10-23-20(14)25-24-18)11-4-5-22-17(21)9-11/h4-10H,1-3H3,(H2,21,22)(H,23,24,25). The summed E-state index contributed by atoms with van der Waals surface area (Å²) in [5.41, 5.74) is 9.90. The monoisotopic (exact) mass is 377 g/mol. The number of hydrogen-bond donors (Lipinski definition) is 2. The average molecular weight is 377 g/mol. The van der Waals surface area contributed by atoms with Crippen molar-refractivity contribution in [2.45, 2.75) is 0 Å². The van der Waals surface area contributed by atoms with E-state index in [0.29, 0.717) is 28.7 Å². The van der Waals surface area contributed by atoms with Gasteiger partial charge in [-0.15, -0.1) is 0 Å². The van der Waals surface area contributed by atoms with E-state index in [1.54, 1.807) is 33.7 Å². The second-order valence-electron chi connectivity index (χ2n) is 6.08. The number of nitrogen functional groups attached to an aromatic ring is 1. The maximum atomic E-state index is 5.81. The summed E-state index contributed by atoms with van der Waals surface area (Å²) >= 11 is 0. The zero-order valence-electron chi connectivity index (χ0n) is 15.7. The van der Waals surface area contributed by atoms with Crippen LogP contribution in [0.3, 0.4) is 0 Å². The maximum absolute atomic E-state index is 5.81. The summed E-state index contributed by atoms with van der Waals surface area (Å²) < 4.78 is 16.3. The number of hydrogen-bond acceptors (Lipinski definition) is 7. The van der Waals surface area contributed by atoms with Crippen LogP contribution in [0.5, 0.6) is 17.2 Å². The number of nitrogens with two attached hydrogens (primary N) is 1. The molecule has 0 saturated heterocycles. The zero-order valence-corrected chi connectivity index (χ0v) is 15.7. The molecule has 0 atom stereocenters. The predicted molar refractivity (Wildman–Crippen MR) is 107 cm³/mol. The number of pyridine rings is 2. The van der Waals surface area contributed by atoms with Gasteiger partial charge in [-0.05, 0) is 35.9 Å². The van der Waals surface area contributed by atoms with Crippen LogP contribution >= 0.6 is 0 Å². The lowest BCUT2D eigenvalue weighted by Crippen LogP contribution is -1.96. The van der Waals surface area contributed by atoms with E-state index >= 15 is 0 Å². The van der Waals surface area contributed by atoms with Crippen LogP contribution in [0.15, 0.2) is 42.7 Å². The molecule has 0 aliphatic heterocycles. The van der Waals surface area contributed by atoms with Gasteiger partial charge in [-0.3, -0.25) is 5.10 Å². The van der Waals surface area contributed by atoms with Gasteiger partial charge in [0.2, 0.25) is 5.75 Å². The highest BCUT2D eigenvalue weighted by Crippen LogP contribution is 2.42. The third-order valence-electron chi connectivity index (χ3n) is 4.48. The molecule has 4 rings (SSSR count). The Hall–Kier alpha value is -3.81. The topological polar surface area (TPSA) is 108 Å². The molecule has 0 spiro atoms. The fraction of sp³-hybridized carbons (Fsp3) is 0.150. The second kappa shape index (κ2) is 7.07. The van der Waals surface area contributed by atoms with E-state index in [-0.39, 0.29) is 0 Å². The number of rotatable bonds is 5. The molecule has 0 aliphatic rings. The van der Waals surface area contributed by atoms with Gasteiger partial charge >= 0.3 is 0 Å². The molecule has 3 heterocycles. The highest BCUT2D eigenvalue weighted by Gasteiger charge is 2.17. The number of benzene rings is 1. The van der Waals surface area contributed by atoms with Crippen molar-refractivity contribution in [3.8, 4) is 39.6 Å². The van der Waals surface area contributed by atoms with Crippen LogP contribution in [0, 0.1) is 0 Å². The molecule has 8 nitrogen and oxygen atoms in total. The molecule has 0 fully saturated rings. The van der Waals surface area contributed by atoms with E-state index in [9.17, 15) is 0 Å². The van der Waals surface area contributed by atoms with Crippen molar-refractivity contribution < 1.29 is 14.2 Å². The first-order valence-electron chi connectivity index (χ1n) is 8.51. The van der Waals surface area contributed by atoms with Crippen LogP contribution in [-0.4, -0.2) is 41.5 Å². The molecule has 3 aromatic heterocycles. The molecule has 3 N–H and O–H groups in total. The first-order valence-corrected chi connectivity index (χ1v) is 8.51. The molecule has 1 aromatic carbocycles. The van der Waals surface area contributed by atoms with Gasteiger partial charge in [0.15, 0.2) is 17.1 Å². The molecule has 142 valence electrons. The summed E-state index contributed by atoms with van der Waals surface area (Å²) in [6, 6.07) is 9.44. The van der Waals surface area contributed by atoms with Crippen LogP contribution < -0.4 is 19.9 Å². The zero-order chi connectivity index (χ0) is 19.7. The van der Waals surface area contributed by atoms with Crippen LogP contribution in [0.1, 0.15) is 0 Å². The minimum atomic E-state index is 0.453. The summed E-state index contributed by atoms with van der Waals surface area (Å²) in [5.74, 6) is 2.11. The maximum Gasteiger partial charge on any atom is 0.203 e. The molecule has 0 aliphatic carbocycles. The van der Waals surface area contributed by atoms with Gasteiger partial charge in [0.25, 0.3) is 0 Å². The van der Waals surface area contributed by atoms with Crippen molar-refractivity contribution >= 4 is 16.9 Å². The minimum Gasteiger partial charge on any atom is -0.493 e. The van der Waals surface area contributed by atoms with Crippen molar-refractivity contribution in [2.24, 2.45) is 0 Å². The minimum absolute atomic E-state index is 0.453. The summed E-state index contributed by atoms with van der Waals surface area (Å²) in [7, 11) is 4.74. The Labute approximate surface area is 161 Å². The van der Waals surface area contributed by atoms with Gasteiger partial charge in [0.05, 0.1) is 27.0 Å². The number of aromatic amines is 1. The van der Waals surface area contributed by atoms with Crippen LogP contribution in [0.2, 0.25) is 0 Å². The summed E-state index contributed by atoms with van der Waals surface area (Å²) in [6.07, 6.45) is 3.43. The summed E-state index contributed by atoms with van der Waals surface area (Å²) in [4.78, 5) is 8.50. The lowest BCUT2D eigenvalue weighted by Gasteiger charge is -2.13. The fourth-order valence-corrected chi connectivity index (χ4v) is 3.13. The second-order valence-corrected chi connectivity index (χ2v) is 6.08. The Balaban J connectivity index is 1.89. The Kier molecular flexibility index (Phi) is 4.44. The smallest absolute Gasteiger partial charge is 0.203 e. The van der Waals surface area contributed by atoms with Crippen molar-refractivity contribution in [1.82, 2.24) is 20.2 Å². The Bertz CT molecular complexity index is 1130. The molecular weight excluding hydrogens is 358 g/mol. The van der Waals surface area contributed by atoms with Gasteiger partial charge < -0.3 is 19.9 Å². The van der Waals surface area contributed by atoms with E-state index in [0.717, 1.165) is 27.8 Å². The normalized spacial score (nSPS) is 10.8. The van der Waals surface area contributed by atoms with Crippen molar-refractivity contribution in [3.05, 3.63) is 42.7 Å². The first-order chi connectivity index (χ1) is 13.6. The van der Waals surface area contributed by atoms with Gasteiger partial charge in [0.1, 0.15) is 5.82 Å². The van der Waals surface area contributed by atoms with E-state index in [2.05, 4.69) is 20.2 Å². The average Bonchev–Trinajstić information content (AvgIpc) is 3.15. The lowest BCUT2D eigenvalue weighted by atomic mass is 10.0. The third kappa shape index (κ3) is 2.94. The van der Waals surface area contributed by atoms with E-state index in [1.165, 1.54) is 0 Å². The van der Waals surface area contributed by atoms with Crippen LogP contribution in [-0.2, 0) is 0 Å². The highest BCUT2D eigenvalue weighted by molar-refractivity contribution is 5.94. The SMILES string of the molecule is COc1cc(-c2[nH]nc3ncc(-c4ccnc(N)c4)cc23)cc(OC)c1OC. The summed E-state index contributed by atoms with van der Waals surface area (Å²) in [6.45, 7) is 0. The van der Waals surface area contributed by atoms with Crippen LogP contribution in [0.4, 0.5) is 5.82 Å². The van der Waals surface area contributed by atoms with Gasteiger partial charge in [-0.25, -0.2) is 9.97 Å². The first kappa shape index (κ1) is 17.6. The molecule has 0 radical (unpaired) electrons. The third-order valence-corrected chi connectivity index (χ3v) is 4.48. The quantitative estimate of drug-likeness (QED) is 0.549. The van der Waals surface area contributed by atoms with Crippen LogP contribution in [0.25, 0.3) is 33.4 Å². The number of ether oxygens (including phenoxy) is 3.